The molecule has 10 nitrogen and oxygen atoms in total. The summed E-state index contributed by atoms with van der Waals surface area (Å²) in [6.45, 7) is 0. The number of non-ortho nitro benzene ring substituents is 1. The molecule has 0 bridgehead atoms. The van der Waals surface area contributed by atoms with Gasteiger partial charge in [-0.15, -0.1) is 0 Å². The second-order valence-electron chi connectivity index (χ2n) is 9.84. The quantitative estimate of drug-likeness (QED) is 0.119. The van der Waals surface area contributed by atoms with Crippen LogP contribution in [0.15, 0.2) is 102 Å². The summed E-state index contributed by atoms with van der Waals surface area (Å²) in [5.74, 6) is -0.740. The van der Waals surface area contributed by atoms with Gasteiger partial charge in [-0.05, 0) is 65.2 Å². The van der Waals surface area contributed by atoms with E-state index in [1.807, 2.05) is 48.8 Å². The van der Waals surface area contributed by atoms with Gasteiger partial charge in [-0.1, -0.05) is 24.3 Å². The van der Waals surface area contributed by atoms with Gasteiger partial charge in [0.2, 0.25) is 0 Å². The number of aromatic amines is 2. The van der Waals surface area contributed by atoms with E-state index in [0.717, 1.165) is 38.5 Å². The van der Waals surface area contributed by atoms with Crippen molar-refractivity contribution >= 4 is 39.6 Å². The number of nitro groups is 1. The number of H-pyrrole nitrogens is 2. The van der Waals surface area contributed by atoms with Crippen molar-refractivity contribution in [3.8, 4) is 12.1 Å². The van der Waals surface area contributed by atoms with Crippen LogP contribution in [-0.2, 0) is 0 Å². The number of amides is 1. The highest BCUT2D eigenvalue weighted by Gasteiger charge is 2.24. The predicted octanol–water partition coefficient (Wildman–Crippen LogP) is 6.24. The lowest BCUT2D eigenvalue weighted by Crippen LogP contribution is -2.17. The van der Waals surface area contributed by atoms with Gasteiger partial charge in [0.05, 0.1) is 34.4 Å². The number of hydrazone groups is 1. The van der Waals surface area contributed by atoms with E-state index < -0.39 is 10.8 Å². The van der Waals surface area contributed by atoms with Crippen LogP contribution in [0.25, 0.3) is 21.8 Å². The van der Waals surface area contributed by atoms with Gasteiger partial charge in [-0.3, -0.25) is 14.9 Å². The maximum absolute atomic E-state index is 12.8. The van der Waals surface area contributed by atoms with Crippen LogP contribution in [0.2, 0.25) is 0 Å². The molecule has 0 radical (unpaired) electrons. The normalized spacial score (nSPS) is 11.1. The van der Waals surface area contributed by atoms with Crippen molar-refractivity contribution in [2.45, 2.75) is 5.92 Å². The number of fused-ring (bicyclic) bond motifs is 2. The third kappa shape index (κ3) is 5.20. The number of nitriles is 2. The smallest absolute Gasteiger partial charge is 0.271 e. The first-order chi connectivity index (χ1) is 20.9. The Morgan fingerprint density at radius 3 is 2.02 bits per heavy atom. The van der Waals surface area contributed by atoms with Crippen molar-refractivity contribution in [1.82, 2.24) is 15.4 Å². The summed E-state index contributed by atoms with van der Waals surface area (Å²) in [5.41, 5.74) is 8.85. The Hall–Kier alpha value is -6.52. The van der Waals surface area contributed by atoms with E-state index in [4.69, 9.17) is 0 Å². The molecule has 0 aliphatic heterocycles. The number of nitro benzene ring substituents is 1. The van der Waals surface area contributed by atoms with E-state index in [-0.39, 0.29) is 11.6 Å². The van der Waals surface area contributed by atoms with E-state index in [1.54, 1.807) is 36.4 Å². The zero-order chi connectivity index (χ0) is 29.9. The Kier molecular flexibility index (Phi) is 6.93. The van der Waals surface area contributed by atoms with Gasteiger partial charge in [0.25, 0.3) is 11.6 Å². The molecule has 3 N–H and O–H groups in total. The third-order valence-corrected chi connectivity index (χ3v) is 7.27. The summed E-state index contributed by atoms with van der Waals surface area (Å²) < 4.78 is 0. The van der Waals surface area contributed by atoms with Crippen molar-refractivity contribution < 1.29 is 9.72 Å². The standard InChI is InChI=1S/C33H21N7O3/c34-15-20-4-10-30-26(13-20)28(18-36-30)32(29-19-37-31-11-5-21(16-35)14-27(29)31)23-6-8-24(9-7-23)33(41)39-38-17-22-2-1-3-25(12-22)40(42)43/h1-14,17-19,32,36-37H,(H,39,41)/b38-17+. The van der Waals surface area contributed by atoms with E-state index in [0.29, 0.717) is 22.3 Å². The number of nitrogens with zero attached hydrogens (tertiary/aromatic N) is 4. The number of rotatable bonds is 7. The molecule has 43 heavy (non-hydrogen) atoms. The maximum atomic E-state index is 12.8. The Bertz CT molecular complexity index is 2050. The van der Waals surface area contributed by atoms with Gasteiger partial charge in [0, 0.05) is 63.4 Å². The average Bonchev–Trinajstić information content (AvgIpc) is 3.65. The molecular weight excluding hydrogens is 542 g/mol. The zero-order valence-corrected chi connectivity index (χ0v) is 22.4. The molecule has 0 aliphatic rings. The fourth-order valence-electron chi connectivity index (χ4n) is 5.20. The van der Waals surface area contributed by atoms with E-state index >= 15 is 0 Å². The highest BCUT2D eigenvalue weighted by atomic mass is 16.6. The average molecular weight is 564 g/mol. The summed E-state index contributed by atoms with van der Waals surface area (Å²) in [4.78, 5) is 29.9. The largest absolute Gasteiger partial charge is 0.361 e. The molecule has 0 unspecified atom stereocenters. The van der Waals surface area contributed by atoms with Crippen LogP contribution in [-0.4, -0.2) is 27.0 Å². The van der Waals surface area contributed by atoms with Crippen molar-refractivity contribution in [1.29, 1.82) is 10.5 Å². The molecule has 0 spiro atoms. The number of carbonyl (C=O) groups is 1. The van der Waals surface area contributed by atoms with Crippen LogP contribution in [0.3, 0.4) is 0 Å². The molecule has 4 aromatic carbocycles. The van der Waals surface area contributed by atoms with E-state index in [9.17, 15) is 25.4 Å². The Morgan fingerprint density at radius 2 is 1.47 bits per heavy atom. The summed E-state index contributed by atoms with van der Waals surface area (Å²) >= 11 is 0. The topological polar surface area (TPSA) is 164 Å². The highest BCUT2D eigenvalue weighted by molar-refractivity contribution is 5.95. The number of carbonyl (C=O) groups excluding carboxylic acids is 1. The second kappa shape index (κ2) is 11.2. The molecule has 0 saturated carbocycles. The molecule has 0 saturated heterocycles. The second-order valence-corrected chi connectivity index (χ2v) is 9.84. The summed E-state index contributed by atoms with van der Waals surface area (Å²) in [5, 5.41) is 35.8. The lowest BCUT2D eigenvalue weighted by molar-refractivity contribution is -0.384. The highest BCUT2D eigenvalue weighted by Crippen LogP contribution is 2.40. The summed E-state index contributed by atoms with van der Waals surface area (Å²) in [6, 6.07) is 28.4. The van der Waals surface area contributed by atoms with E-state index in [2.05, 4.69) is 32.6 Å². The first-order valence-corrected chi connectivity index (χ1v) is 13.2. The van der Waals surface area contributed by atoms with Gasteiger partial charge in [-0.2, -0.15) is 15.6 Å². The van der Waals surface area contributed by atoms with Gasteiger partial charge in [0.1, 0.15) is 0 Å². The molecule has 6 rings (SSSR count). The molecule has 0 atom stereocenters. The Morgan fingerprint density at radius 1 is 0.860 bits per heavy atom. The predicted molar refractivity (Wildman–Crippen MR) is 162 cm³/mol. The van der Waals surface area contributed by atoms with Crippen LogP contribution >= 0.6 is 0 Å². The fourth-order valence-corrected chi connectivity index (χ4v) is 5.20. The van der Waals surface area contributed by atoms with Gasteiger partial charge in [-0.25, -0.2) is 5.43 Å². The Labute approximate surface area is 244 Å². The number of hydrogen-bond acceptors (Lipinski definition) is 6. The number of benzene rings is 4. The number of hydrogen-bond donors (Lipinski definition) is 3. The van der Waals surface area contributed by atoms with Gasteiger partial charge >= 0.3 is 0 Å². The number of nitrogens with one attached hydrogen (secondary N) is 3. The zero-order valence-electron chi connectivity index (χ0n) is 22.4. The molecule has 2 aromatic heterocycles. The first-order valence-electron chi connectivity index (χ1n) is 13.2. The molecular formula is C33H21N7O3. The number of aromatic nitrogens is 2. The van der Waals surface area contributed by atoms with Crippen LogP contribution < -0.4 is 5.43 Å². The molecule has 0 aliphatic carbocycles. The first kappa shape index (κ1) is 26.7. The summed E-state index contributed by atoms with van der Waals surface area (Å²) in [6.07, 6.45) is 5.19. The molecule has 1 amide bonds. The fraction of sp³-hybridized carbons (Fsp3) is 0.0303. The van der Waals surface area contributed by atoms with Crippen molar-refractivity contribution in [3.63, 3.8) is 0 Å². The molecule has 6 aromatic rings. The minimum absolute atomic E-state index is 0.0708. The molecule has 206 valence electrons. The van der Waals surface area contributed by atoms with Gasteiger partial charge < -0.3 is 9.97 Å². The minimum atomic E-state index is -0.498. The van der Waals surface area contributed by atoms with Gasteiger partial charge in [0.15, 0.2) is 0 Å². The maximum Gasteiger partial charge on any atom is 0.271 e. The van der Waals surface area contributed by atoms with Crippen LogP contribution in [0.5, 0.6) is 0 Å². The monoisotopic (exact) mass is 563 g/mol. The SMILES string of the molecule is N#Cc1ccc2[nH]cc(C(c3ccc(C(=O)N/N=C/c4cccc([N+](=O)[O-])c4)cc3)c3c[nH]c4ccc(C#N)cc34)c2c1. The Balaban J connectivity index is 1.35. The minimum Gasteiger partial charge on any atom is -0.361 e. The van der Waals surface area contributed by atoms with Crippen LogP contribution in [0.1, 0.15) is 49.7 Å². The third-order valence-electron chi connectivity index (χ3n) is 7.27. The van der Waals surface area contributed by atoms with Crippen molar-refractivity contribution in [3.05, 3.63) is 146 Å². The van der Waals surface area contributed by atoms with Crippen LogP contribution in [0.4, 0.5) is 5.69 Å². The molecule has 0 fully saturated rings. The van der Waals surface area contributed by atoms with Crippen molar-refractivity contribution in [2.75, 3.05) is 0 Å². The lowest BCUT2D eigenvalue weighted by Gasteiger charge is -2.18. The van der Waals surface area contributed by atoms with Crippen molar-refractivity contribution in [2.24, 2.45) is 5.10 Å². The molecule has 10 heteroatoms. The summed E-state index contributed by atoms with van der Waals surface area (Å²) in [7, 11) is 0. The molecule has 2 heterocycles. The lowest BCUT2D eigenvalue weighted by atomic mass is 9.84. The van der Waals surface area contributed by atoms with E-state index in [1.165, 1.54) is 18.3 Å². The van der Waals surface area contributed by atoms with Crippen LogP contribution in [0, 0.1) is 32.8 Å².